The summed E-state index contributed by atoms with van der Waals surface area (Å²) in [6.07, 6.45) is -3.25. The Labute approximate surface area is 139 Å². The van der Waals surface area contributed by atoms with Crippen LogP contribution in [0.3, 0.4) is 0 Å². The lowest BCUT2D eigenvalue weighted by atomic mass is 10.1. The molecule has 9 heteroatoms. The summed E-state index contributed by atoms with van der Waals surface area (Å²) >= 11 is 0. The smallest absolute Gasteiger partial charge is 0.350 e. The molecule has 128 valence electrons. The van der Waals surface area contributed by atoms with Crippen molar-refractivity contribution in [3.05, 3.63) is 35.4 Å². The molecule has 22 heavy (non-hydrogen) atoms. The van der Waals surface area contributed by atoms with Crippen LogP contribution in [-0.2, 0) is 6.18 Å². The highest BCUT2D eigenvalue weighted by atomic mass is 35.5. The van der Waals surface area contributed by atoms with Gasteiger partial charge in [0.05, 0.1) is 11.1 Å². The third-order valence-corrected chi connectivity index (χ3v) is 2.78. The Kier molecular flexibility index (Phi) is 11.3. The fraction of sp³-hybridized carbons (Fsp3) is 0.462. The van der Waals surface area contributed by atoms with Gasteiger partial charge in [0.2, 0.25) is 0 Å². The lowest BCUT2D eigenvalue weighted by Gasteiger charge is -2.15. The van der Waals surface area contributed by atoms with E-state index in [0.29, 0.717) is 19.4 Å². The molecule has 0 radical (unpaired) electrons. The van der Waals surface area contributed by atoms with E-state index in [9.17, 15) is 18.0 Å². The summed E-state index contributed by atoms with van der Waals surface area (Å²) in [5, 5.41) is 2.42. The van der Waals surface area contributed by atoms with Gasteiger partial charge in [0, 0.05) is 12.6 Å². The van der Waals surface area contributed by atoms with Crippen LogP contribution in [0, 0.1) is 0 Å². The molecule has 1 aromatic carbocycles. The van der Waals surface area contributed by atoms with Crippen molar-refractivity contribution in [3.63, 3.8) is 0 Å². The molecule has 0 bridgehead atoms. The Morgan fingerprint density at radius 3 is 2.36 bits per heavy atom. The van der Waals surface area contributed by atoms with Crippen LogP contribution in [0.2, 0.25) is 0 Å². The lowest BCUT2D eigenvalue weighted by Crippen LogP contribution is -2.38. The largest absolute Gasteiger partial charge is 0.417 e. The number of carbonyl (C=O) groups is 1. The zero-order valence-electron chi connectivity index (χ0n) is 11.7. The Balaban J connectivity index is 0. The van der Waals surface area contributed by atoms with Crippen LogP contribution in [-0.4, -0.2) is 25.0 Å². The van der Waals surface area contributed by atoms with Gasteiger partial charge in [-0.05, 0) is 31.5 Å². The Morgan fingerprint density at radius 1 is 1.23 bits per heavy atom. The fourth-order valence-corrected chi connectivity index (χ4v) is 1.73. The van der Waals surface area contributed by atoms with Gasteiger partial charge in [-0.15, -0.1) is 24.8 Å². The molecule has 0 aliphatic heterocycles. The van der Waals surface area contributed by atoms with E-state index in [1.54, 1.807) is 0 Å². The van der Waals surface area contributed by atoms with Crippen molar-refractivity contribution < 1.29 is 18.0 Å². The van der Waals surface area contributed by atoms with Crippen molar-refractivity contribution in [2.24, 2.45) is 11.5 Å². The first-order valence-corrected chi connectivity index (χ1v) is 6.26. The number of nitrogens with one attached hydrogen (secondary N) is 1. The van der Waals surface area contributed by atoms with E-state index in [2.05, 4.69) is 5.32 Å². The van der Waals surface area contributed by atoms with Gasteiger partial charge in [0.25, 0.3) is 5.91 Å². The standard InChI is InChI=1S/C13H18F3N3O.2ClH/c14-13(15,16)11-6-2-1-5-10(11)12(20)19-8-9(18)4-3-7-17;;/h1-2,5-6,9H,3-4,7-8,17-18H2,(H,19,20);2*1H. The van der Waals surface area contributed by atoms with E-state index in [1.165, 1.54) is 12.1 Å². The maximum absolute atomic E-state index is 12.8. The van der Waals surface area contributed by atoms with Gasteiger partial charge in [-0.2, -0.15) is 13.2 Å². The Hall–Kier alpha value is -1.02. The highest BCUT2D eigenvalue weighted by molar-refractivity contribution is 5.95. The number of amides is 1. The average molecular weight is 362 g/mol. The summed E-state index contributed by atoms with van der Waals surface area (Å²) < 4.78 is 38.3. The van der Waals surface area contributed by atoms with E-state index >= 15 is 0 Å². The summed E-state index contributed by atoms with van der Waals surface area (Å²) in [4.78, 5) is 11.8. The van der Waals surface area contributed by atoms with Crippen LogP contribution in [0.1, 0.15) is 28.8 Å². The summed E-state index contributed by atoms with van der Waals surface area (Å²) in [5.41, 5.74) is 9.69. The van der Waals surface area contributed by atoms with Crippen LogP contribution in [0.25, 0.3) is 0 Å². The average Bonchev–Trinajstić information content (AvgIpc) is 2.41. The molecule has 5 N–H and O–H groups in total. The Bertz CT molecular complexity index is 458. The Morgan fingerprint density at radius 2 is 1.82 bits per heavy atom. The summed E-state index contributed by atoms with van der Waals surface area (Å²) in [6.45, 7) is 0.601. The number of alkyl halides is 3. The SMILES string of the molecule is Cl.Cl.NCCCC(N)CNC(=O)c1ccccc1C(F)(F)F. The van der Waals surface area contributed by atoms with Crippen molar-refractivity contribution in [1.29, 1.82) is 0 Å². The molecule has 0 spiro atoms. The van der Waals surface area contributed by atoms with Gasteiger partial charge in [-0.1, -0.05) is 12.1 Å². The fourth-order valence-electron chi connectivity index (χ4n) is 1.73. The van der Waals surface area contributed by atoms with E-state index in [-0.39, 0.29) is 37.4 Å². The molecule has 0 aromatic heterocycles. The maximum atomic E-state index is 12.8. The van der Waals surface area contributed by atoms with Crippen molar-refractivity contribution in [1.82, 2.24) is 5.32 Å². The highest BCUT2D eigenvalue weighted by Gasteiger charge is 2.34. The second kappa shape index (κ2) is 10.7. The summed E-state index contributed by atoms with van der Waals surface area (Å²) in [5.74, 6) is -0.777. The third kappa shape index (κ3) is 7.31. The van der Waals surface area contributed by atoms with Gasteiger partial charge in [0.1, 0.15) is 0 Å². The zero-order valence-corrected chi connectivity index (χ0v) is 13.4. The van der Waals surface area contributed by atoms with Crippen molar-refractivity contribution in [2.75, 3.05) is 13.1 Å². The molecule has 0 aliphatic carbocycles. The predicted octanol–water partition coefficient (Wildman–Crippen LogP) is 2.35. The molecule has 1 atom stereocenters. The number of halogens is 5. The normalized spacial score (nSPS) is 11.9. The van der Waals surface area contributed by atoms with Crippen molar-refractivity contribution >= 4 is 30.7 Å². The van der Waals surface area contributed by atoms with E-state index in [4.69, 9.17) is 11.5 Å². The molecule has 0 saturated carbocycles. The molecule has 1 rings (SSSR count). The van der Waals surface area contributed by atoms with Crippen molar-refractivity contribution in [2.45, 2.75) is 25.1 Å². The number of hydrogen-bond acceptors (Lipinski definition) is 3. The van der Waals surface area contributed by atoms with E-state index < -0.39 is 23.2 Å². The van der Waals surface area contributed by atoms with Crippen LogP contribution in [0.4, 0.5) is 13.2 Å². The van der Waals surface area contributed by atoms with E-state index in [0.717, 1.165) is 12.1 Å². The molecule has 0 heterocycles. The van der Waals surface area contributed by atoms with Gasteiger partial charge in [-0.3, -0.25) is 4.79 Å². The minimum Gasteiger partial charge on any atom is -0.350 e. The molecule has 1 aromatic rings. The topological polar surface area (TPSA) is 81.1 Å². The highest BCUT2D eigenvalue weighted by Crippen LogP contribution is 2.31. The molecular formula is C13H20Cl2F3N3O. The molecule has 0 aliphatic rings. The molecule has 0 saturated heterocycles. The second-order valence-corrected chi connectivity index (χ2v) is 4.44. The van der Waals surface area contributed by atoms with Gasteiger partial charge in [-0.25, -0.2) is 0 Å². The molecule has 1 unspecified atom stereocenters. The summed E-state index contributed by atoms with van der Waals surface area (Å²) in [6, 6.07) is 4.33. The lowest BCUT2D eigenvalue weighted by molar-refractivity contribution is -0.137. The predicted molar refractivity (Wildman–Crippen MR) is 84.5 cm³/mol. The first-order chi connectivity index (χ1) is 9.36. The zero-order chi connectivity index (χ0) is 15.2. The first kappa shape index (κ1) is 23.2. The first-order valence-electron chi connectivity index (χ1n) is 6.26. The quantitative estimate of drug-likeness (QED) is 0.727. The minimum atomic E-state index is -4.56. The number of carbonyl (C=O) groups excluding carboxylic acids is 1. The second-order valence-electron chi connectivity index (χ2n) is 4.44. The van der Waals surface area contributed by atoms with Gasteiger partial charge < -0.3 is 16.8 Å². The summed E-state index contributed by atoms with van der Waals surface area (Å²) in [7, 11) is 0. The minimum absolute atomic E-state index is 0. The number of hydrogen-bond donors (Lipinski definition) is 3. The van der Waals surface area contributed by atoms with Crippen molar-refractivity contribution in [3.8, 4) is 0 Å². The van der Waals surface area contributed by atoms with Crippen LogP contribution >= 0.6 is 24.8 Å². The maximum Gasteiger partial charge on any atom is 0.417 e. The number of nitrogens with two attached hydrogens (primary N) is 2. The van der Waals surface area contributed by atoms with E-state index in [1.807, 2.05) is 0 Å². The number of benzene rings is 1. The third-order valence-electron chi connectivity index (χ3n) is 2.78. The van der Waals surface area contributed by atoms with Gasteiger partial charge in [0.15, 0.2) is 0 Å². The van der Waals surface area contributed by atoms with Crippen LogP contribution in [0.15, 0.2) is 24.3 Å². The van der Waals surface area contributed by atoms with Crippen LogP contribution in [0.5, 0.6) is 0 Å². The molecular weight excluding hydrogens is 342 g/mol. The monoisotopic (exact) mass is 361 g/mol. The van der Waals surface area contributed by atoms with Crippen LogP contribution < -0.4 is 16.8 Å². The number of rotatable bonds is 6. The molecule has 1 amide bonds. The molecule has 4 nitrogen and oxygen atoms in total. The molecule has 0 fully saturated rings. The van der Waals surface area contributed by atoms with Gasteiger partial charge >= 0.3 is 6.18 Å².